The molecule has 0 bridgehead atoms. The summed E-state index contributed by atoms with van der Waals surface area (Å²) in [5.74, 6) is -0.0573. The topological polar surface area (TPSA) is 84.7 Å². The van der Waals surface area contributed by atoms with Gasteiger partial charge in [0.05, 0.1) is 7.05 Å². The highest BCUT2D eigenvalue weighted by molar-refractivity contribution is 7.80. The first kappa shape index (κ1) is 13.1. The molecule has 7 nitrogen and oxygen atoms in total. The van der Waals surface area contributed by atoms with Gasteiger partial charge in [-0.1, -0.05) is 22.8 Å². The number of amides is 1. The van der Waals surface area contributed by atoms with Crippen molar-refractivity contribution in [2.75, 3.05) is 5.32 Å². The Bertz CT molecular complexity index is 606. The Labute approximate surface area is 115 Å². The van der Waals surface area contributed by atoms with E-state index in [0.717, 1.165) is 5.56 Å². The zero-order chi connectivity index (χ0) is 13.8. The number of tetrazole rings is 1. The van der Waals surface area contributed by atoms with Gasteiger partial charge in [0, 0.05) is 5.56 Å². The quantitative estimate of drug-likeness (QED) is 0.783. The lowest BCUT2D eigenvalue weighted by atomic mass is 10.1. The van der Waals surface area contributed by atoms with Crippen LogP contribution in [0.3, 0.4) is 0 Å². The van der Waals surface area contributed by atoms with Crippen LogP contribution < -0.4 is 10.6 Å². The van der Waals surface area contributed by atoms with E-state index in [0.29, 0.717) is 5.56 Å². The molecule has 2 aromatic rings. The number of carbonyl (C=O) groups is 1. The molecule has 1 aromatic heterocycles. The Balaban J connectivity index is 1.95. The molecule has 1 aromatic carbocycles. The molecule has 0 saturated carbocycles. The average Bonchev–Trinajstić information content (AvgIpc) is 2.75. The Morgan fingerprint density at radius 2 is 2.00 bits per heavy atom. The number of anilines is 1. The molecule has 0 unspecified atom stereocenters. The molecule has 0 aliphatic rings. The second-order valence-corrected chi connectivity index (χ2v) is 4.29. The van der Waals surface area contributed by atoms with Crippen LogP contribution in [0.4, 0.5) is 5.95 Å². The molecular formula is C11H12N6OS. The van der Waals surface area contributed by atoms with Crippen molar-refractivity contribution >= 4 is 29.2 Å². The first-order valence-electron chi connectivity index (χ1n) is 5.47. The predicted octanol–water partition coefficient (Wildman–Crippen LogP) is 0.645. The number of aryl methyl sites for hydroxylation is 2. The summed E-state index contributed by atoms with van der Waals surface area (Å²) in [5, 5.41) is 16.6. The second-order valence-electron chi connectivity index (χ2n) is 3.88. The highest BCUT2D eigenvalue weighted by Crippen LogP contribution is 2.03. The maximum absolute atomic E-state index is 11.9. The van der Waals surface area contributed by atoms with Crippen molar-refractivity contribution in [3.8, 4) is 0 Å². The molecule has 1 heterocycles. The SMILES string of the molecule is Cc1ccc(C(=O)NC(=S)Nc2nnn(C)n2)cc1. The van der Waals surface area contributed by atoms with Crippen LogP contribution >= 0.6 is 12.2 Å². The minimum atomic E-state index is -0.290. The minimum absolute atomic E-state index is 0.124. The minimum Gasteiger partial charge on any atom is -0.299 e. The number of thiocarbonyl (C=S) groups is 1. The normalized spacial score (nSPS) is 10.0. The molecule has 0 spiro atoms. The third kappa shape index (κ3) is 3.55. The van der Waals surface area contributed by atoms with Crippen molar-refractivity contribution in [3.63, 3.8) is 0 Å². The molecule has 1 amide bonds. The second kappa shape index (κ2) is 5.53. The predicted molar refractivity (Wildman–Crippen MR) is 73.7 cm³/mol. The van der Waals surface area contributed by atoms with Crippen LogP contribution in [0.5, 0.6) is 0 Å². The summed E-state index contributed by atoms with van der Waals surface area (Å²) in [6, 6.07) is 7.17. The summed E-state index contributed by atoms with van der Waals surface area (Å²) >= 11 is 4.99. The van der Waals surface area contributed by atoms with Crippen molar-refractivity contribution in [1.29, 1.82) is 0 Å². The molecule has 19 heavy (non-hydrogen) atoms. The Kier molecular flexibility index (Phi) is 3.81. The molecule has 98 valence electrons. The molecule has 0 saturated heterocycles. The van der Waals surface area contributed by atoms with E-state index in [-0.39, 0.29) is 17.0 Å². The van der Waals surface area contributed by atoms with E-state index < -0.39 is 0 Å². The summed E-state index contributed by atoms with van der Waals surface area (Å²) < 4.78 is 0. The van der Waals surface area contributed by atoms with Crippen LogP contribution in [0, 0.1) is 6.92 Å². The number of rotatable bonds is 2. The fourth-order valence-electron chi connectivity index (χ4n) is 1.35. The van der Waals surface area contributed by atoms with E-state index in [1.165, 1.54) is 4.80 Å². The van der Waals surface area contributed by atoms with Crippen LogP contribution in [0.2, 0.25) is 0 Å². The summed E-state index contributed by atoms with van der Waals surface area (Å²) in [7, 11) is 1.63. The Morgan fingerprint density at radius 1 is 1.32 bits per heavy atom. The van der Waals surface area contributed by atoms with E-state index >= 15 is 0 Å². The fraction of sp³-hybridized carbons (Fsp3) is 0.182. The zero-order valence-corrected chi connectivity index (χ0v) is 11.2. The largest absolute Gasteiger partial charge is 0.299 e. The highest BCUT2D eigenvalue weighted by Gasteiger charge is 2.09. The van der Waals surface area contributed by atoms with Gasteiger partial charge in [-0.25, -0.2) is 0 Å². The third-order valence-corrected chi connectivity index (χ3v) is 2.48. The molecule has 0 aliphatic carbocycles. The van der Waals surface area contributed by atoms with Crippen LogP contribution in [0.25, 0.3) is 0 Å². The van der Waals surface area contributed by atoms with E-state index in [1.807, 2.05) is 19.1 Å². The Morgan fingerprint density at radius 3 is 2.58 bits per heavy atom. The monoisotopic (exact) mass is 276 g/mol. The smallest absolute Gasteiger partial charge is 0.269 e. The molecule has 0 atom stereocenters. The third-order valence-electron chi connectivity index (χ3n) is 2.27. The zero-order valence-electron chi connectivity index (χ0n) is 10.4. The standard InChI is InChI=1S/C11H12N6OS/c1-7-3-5-8(6-4-7)9(18)12-11(19)13-10-14-16-17(2)15-10/h3-6H,1-2H3,(H2,12,13,15,18,19). The van der Waals surface area contributed by atoms with Gasteiger partial charge in [0.15, 0.2) is 5.11 Å². The van der Waals surface area contributed by atoms with Crippen molar-refractivity contribution in [2.24, 2.45) is 7.05 Å². The number of nitrogens with one attached hydrogen (secondary N) is 2. The van der Waals surface area contributed by atoms with Gasteiger partial charge in [-0.05, 0) is 36.5 Å². The molecule has 8 heteroatoms. The van der Waals surface area contributed by atoms with Gasteiger partial charge in [0.1, 0.15) is 0 Å². The fourth-order valence-corrected chi connectivity index (χ4v) is 1.53. The highest BCUT2D eigenvalue weighted by atomic mass is 32.1. The van der Waals surface area contributed by atoms with Crippen LogP contribution in [-0.4, -0.2) is 31.2 Å². The van der Waals surface area contributed by atoms with E-state index in [4.69, 9.17) is 12.2 Å². The lowest BCUT2D eigenvalue weighted by molar-refractivity contribution is 0.0977. The van der Waals surface area contributed by atoms with E-state index in [9.17, 15) is 4.79 Å². The van der Waals surface area contributed by atoms with Crippen LogP contribution in [-0.2, 0) is 7.05 Å². The summed E-state index contributed by atoms with van der Waals surface area (Å²) in [5.41, 5.74) is 1.61. The molecule has 2 rings (SSSR count). The lowest BCUT2D eigenvalue weighted by Crippen LogP contribution is -2.34. The molecular weight excluding hydrogens is 264 g/mol. The first-order chi connectivity index (χ1) is 9.04. The van der Waals surface area contributed by atoms with E-state index in [2.05, 4.69) is 26.0 Å². The van der Waals surface area contributed by atoms with E-state index in [1.54, 1.807) is 19.2 Å². The number of hydrogen-bond acceptors (Lipinski definition) is 5. The number of carbonyl (C=O) groups excluding carboxylic acids is 1. The number of benzene rings is 1. The summed E-state index contributed by atoms with van der Waals surface area (Å²) in [4.78, 5) is 13.1. The maximum atomic E-state index is 11.9. The van der Waals surface area contributed by atoms with Gasteiger partial charge in [0.2, 0.25) is 0 Å². The number of aromatic nitrogens is 4. The van der Waals surface area contributed by atoms with Gasteiger partial charge in [-0.15, -0.1) is 5.10 Å². The van der Waals surface area contributed by atoms with Gasteiger partial charge >= 0.3 is 0 Å². The summed E-state index contributed by atoms with van der Waals surface area (Å²) in [6.45, 7) is 1.95. The van der Waals surface area contributed by atoms with Gasteiger partial charge in [-0.2, -0.15) is 4.80 Å². The number of nitrogens with zero attached hydrogens (tertiary/aromatic N) is 4. The maximum Gasteiger partial charge on any atom is 0.269 e. The lowest BCUT2D eigenvalue weighted by Gasteiger charge is -2.06. The van der Waals surface area contributed by atoms with Crippen LogP contribution in [0.1, 0.15) is 15.9 Å². The van der Waals surface area contributed by atoms with Crippen molar-refractivity contribution in [1.82, 2.24) is 25.5 Å². The molecule has 2 N–H and O–H groups in total. The van der Waals surface area contributed by atoms with Gasteiger partial charge in [0.25, 0.3) is 11.9 Å². The molecule has 0 aliphatic heterocycles. The Hall–Kier alpha value is -2.35. The van der Waals surface area contributed by atoms with Gasteiger partial charge in [-0.3, -0.25) is 15.4 Å². The van der Waals surface area contributed by atoms with Crippen molar-refractivity contribution in [2.45, 2.75) is 6.92 Å². The van der Waals surface area contributed by atoms with Crippen molar-refractivity contribution < 1.29 is 4.79 Å². The first-order valence-corrected chi connectivity index (χ1v) is 5.88. The van der Waals surface area contributed by atoms with Gasteiger partial charge < -0.3 is 0 Å². The van der Waals surface area contributed by atoms with Crippen LogP contribution in [0.15, 0.2) is 24.3 Å². The average molecular weight is 276 g/mol. The molecule has 0 fully saturated rings. The molecule has 0 radical (unpaired) electrons. The van der Waals surface area contributed by atoms with Crippen molar-refractivity contribution in [3.05, 3.63) is 35.4 Å². The summed E-state index contributed by atoms with van der Waals surface area (Å²) in [6.07, 6.45) is 0. The number of hydrogen-bond donors (Lipinski definition) is 2.